The standard InChI is InChI=1S/C18H24FN3O2S/c1-3-11(2)18(24)22-10-25-9-15(22)17(23)21-14-5-4-12-8-20-7-6-13(12)16(14)19/h4-5,11,15,20H,3,6-10H2,1-2H3,(H,21,23). The number of nitrogens with one attached hydrogen (secondary N) is 2. The van der Waals surface area contributed by atoms with Crippen LogP contribution in [0.3, 0.4) is 0 Å². The van der Waals surface area contributed by atoms with E-state index in [-0.39, 0.29) is 29.2 Å². The minimum Gasteiger partial charge on any atom is -0.322 e. The van der Waals surface area contributed by atoms with E-state index in [4.69, 9.17) is 0 Å². The molecule has 1 saturated heterocycles. The van der Waals surface area contributed by atoms with Gasteiger partial charge in [-0.1, -0.05) is 19.9 Å². The van der Waals surface area contributed by atoms with Gasteiger partial charge >= 0.3 is 0 Å². The molecule has 0 aliphatic carbocycles. The van der Waals surface area contributed by atoms with Crippen molar-refractivity contribution in [2.24, 2.45) is 5.92 Å². The zero-order valence-corrected chi connectivity index (χ0v) is 15.4. The normalized spacial score (nSPS) is 20.9. The number of carbonyl (C=O) groups is 2. The predicted molar refractivity (Wildman–Crippen MR) is 97.9 cm³/mol. The van der Waals surface area contributed by atoms with E-state index in [0.717, 1.165) is 18.5 Å². The first-order valence-electron chi connectivity index (χ1n) is 8.73. The first-order valence-corrected chi connectivity index (χ1v) is 9.88. The predicted octanol–water partition coefficient (Wildman–Crippen LogP) is 2.36. The van der Waals surface area contributed by atoms with E-state index in [2.05, 4.69) is 10.6 Å². The highest BCUT2D eigenvalue weighted by molar-refractivity contribution is 7.99. The Labute approximate surface area is 151 Å². The lowest BCUT2D eigenvalue weighted by molar-refractivity contribution is -0.139. The van der Waals surface area contributed by atoms with Crippen molar-refractivity contribution in [3.8, 4) is 0 Å². The summed E-state index contributed by atoms with van der Waals surface area (Å²) in [6.07, 6.45) is 1.35. The summed E-state index contributed by atoms with van der Waals surface area (Å²) in [5.74, 6) is 0.281. The third-order valence-corrected chi connectivity index (χ3v) is 5.98. The number of fused-ring (bicyclic) bond motifs is 1. The number of benzene rings is 1. The maximum atomic E-state index is 14.7. The van der Waals surface area contributed by atoms with Crippen LogP contribution < -0.4 is 10.6 Å². The van der Waals surface area contributed by atoms with E-state index >= 15 is 0 Å². The van der Waals surface area contributed by atoms with Crippen LogP contribution in [-0.4, -0.2) is 40.9 Å². The quantitative estimate of drug-likeness (QED) is 0.860. The van der Waals surface area contributed by atoms with Gasteiger partial charge in [0.15, 0.2) is 0 Å². The van der Waals surface area contributed by atoms with Gasteiger partial charge in [0.1, 0.15) is 11.9 Å². The molecule has 1 aromatic carbocycles. The van der Waals surface area contributed by atoms with Gasteiger partial charge in [-0.2, -0.15) is 0 Å². The smallest absolute Gasteiger partial charge is 0.248 e. The Balaban J connectivity index is 1.75. The molecular weight excluding hydrogens is 341 g/mol. The van der Waals surface area contributed by atoms with Gasteiger partial charge in [-0.25, -0.2) is 4.39 Å². The van der Waals surface area contributed by atoms with Crippen LogP contribution in [-0.2, 0) is 22.6 Å². The highest BCUT2D eigenvalue weighted by Gasteiger charge is 2.36. The first kappa shape index (κ1) is 18.2. The van der Waals surface area contributed by atoms with Gasteiger partial charge < -0.3 is 15.5 Å². The molecule has 136 valence electrons. The first-order chi connectivity index (χ1) is 12.0. The Morgan fingerprint density at radius 1 is 1.48 bits per heavy atom. The Bertz CT molecular complexity index is 683. The number of nitrogens with zero attached hydrogens (tertiary/aromatic N) is 1. The third kappa shape index (κ3) is 3.67. The van der Waals surface area contributed by atoms with E-state index in [1.165, 1.54) is 0 Å². The maximum Gasteiger partial charge on any atom is 0.248 e. The fourth-order valence-corrected chi connectivity index (χ4v) is 4.34. The molecule has 2 N–H and O–H groups in total. The van der Waals surface area contributed by atoms with E-state index in [0.29, 0.717) is 30.2 Å². The van der Waals surface area contributed by atoms with Gasteiger partial charge in [0.05, 0.1) is 11.6 Å². The zero-order valence-electron chi connectivity index (χ0n) is 14.6. The van der Waals surface area contributed by atoms with Crippen LogP contribution >= 0.6 is 11.8 Å². The van der Waals surface area contributed by atoms with Crippen molar-refractivity contribution in [1.29, 1.82) is 0 Å². The number of thioether (sulfide) groups is 1. The SMILES string of the molecule is CCC(C)C(=O)N1CSCC1C(=O)Nc1ccc2c(c1F)CCNC2. The minimum absolute atomic E-state index is 0.00960. The molecule has 1 fully saturated rings. The fraction of sp³-hybridized carbons (Fsp3) is 0.556. The highest BCUT2D eigenvalue weighted by atomic mass is 32.2. The second kappa shape index (κ2) is 7.74. The Morgan fingerprint density at radius 2 is 2.28 bits per heavy atom. The van der Waals surface area contributed by atoms with E-state index in [9.17, 15) is 14.0 Å². The van der Waals surface area contributed by atoms with Gasteiger partial charge in [-0.3, -0.25) is 9.59 Å². The second-order valence-corrected chi connectivity index (χ2v) is 7.61. The monoisotopic (exact) mass is 365 g/mol. The van der Waals surface area contributed by atoms with Gasteiger partial charge in [-0.05, 0) is 36.6 Å². The highest BCUT2D eigenvalue weighted by Crippen LogP contribution is 2.27. The molecule has 0 bridgehead atoms. The average Bonchev–Trinajstić information content (AvgIpc) is 3.12. The summed E-state index contributed by atoms with van der Waals surface area (Å²) in [5.41, 5.74) is 1.81. The average molecular weight is 365 g/mol. The van der Waals surface area contributed by atoms with Crippen LogP contribution in [0.5, 0.6) is 0 Å². The molecule has 1 aromatic rings. The van der Waals surface area contributed by atoms with Gasteiger partial charge in [0.25, 0.3) is 0 Å². The Morgan fingerprint density at radius 3 is 3.04 bits per heavy atom. The van der Waals surface area contributed by atoms with E-state index < -0.39 is 6.04 Å². The molecule has 25 heavy (non-hydrogen) atoms. The number of hydrogen-bond acceptors (Lipinski definition) is 4. The molecular formula is C18H24FN3O2S. The minimum atomic E-state index is -0.538. The summed E-state index contributed by atoms with van der Waals surface area (Å²) < 4.78 is 14.7. The molecule has 0 aromatic heterocycles. The summed E-state index contributed by atoms with van der Waals surface area (Å²) in [4.78, 5) is 26.7. The van der Waals surface area contributed by atoms with Crippen LogP contribution in [0.1, 0.15) is 31.4 Å². The van der Waals surface area contributed by atoms with Gasteiger partial charge in [0.2, 0.25) is 11.8 Å². The largest absolute Gasteiger partial charge is 0.322 e. The molecule has 0 spiro atoms. The van der Waals surface area contributed by atoms with Crippen molar-refractivity contribution in [2.45, 2.75) is 39.3 Å². The van der Waals surface area contributed by atoms with Crippen LogP contribution in [0.4, 0.5) is 10.1 Å². The van der Waals surface area contributed by atoms with E-state index in [1.807, 2.05) is 19.9 Å². The lowest BCUT2D eigenvalue weighted by atomic mass is 9.99. The maximum absolute atomic E-state index is 14.7. The summed E-state index contributed by atoms with van der Waals surface area (Å²) in [6, 6.07) is 2.93. The molecule has 2 aliphatic heterocycles. The van der Waals surface area contributed by atoms with E-state index in [1.54, 1.807) is 22.7 Å². The number of amides is 2. The number of carbonyl (C=O) groups excluding carboxylic acids is 2. The van der Waals surface area contributed by atoms with Crippen LogP contribution in [0.15, 0.2) is 12.1 Å². The van der Waals surface area contributed by atoms with Crippen molar-refractivity contribution in [3.05, 3.63) is 29.1 Å². The Hall–Kier alpha value is -1.60. The zero-order chi connectivity index (χ0) is 18.0. The number of hydrogen-bond donors (Lipinski definition) is 2. The van der Waals surface area contributed by atoms with Crippen molar-refractivity contribution in [1.82, 2.24) is 10.2 Å². The van der Waals surface area contributed by atoms with Gasteiger partial charge in [-0.15, -0.1) is 11.8 Å². The van der Waals surface area contributed by atoms with Crippen molar-refractivity contribution in [2.75, 3.05) is 23.5 Å². The molecule has 2 atom stereocenters. The number of anilines is 1. The van der Waals surface area contributed by atoms with Crippen LogP contribution in [0, 0.1) is 11.7 Å². The number of halogens is 1. The van der Waals surface area contributed by atoms with Crippen LogP contribution in [0.2, 0.25) is 0 Å². The molecule has 2 unspecified atom stereocenters. The summed E-state index contributed by atoms with van der Waals surface area (Å²) in [6.45, 7) is 5.21. The molecule has 5 nitrogen and oxygen atoms in total. The van der Waals surface area contributed by atoms with Crippen LogP contribution in [0.25, 0.3) is 0 Å². The Kier molecular flexibility index (Phi) is 5.64. The lowest BCUT2D eigenvalue weighted by Gasteiger charge is -2.26. The third-order valence-electron chi connectivity index (χ3n) is 4.97. The van der Waals surface area contributed by atoms with Gasteiger partial charge in [0, 0.05) is 18.2 Å². The molecule has 2 amide bonds. The van der Waals surface area contributed by atoms with Crippen molar-refractivity contribution in [3.63, 3.8) is 0 Å². The summed E-state index contributed by atoms with van der Waals surface area (Å²) >= 11 is 1.55. The van der Waals surface area contributed by atoms with Crippen molar-refractivity contribution >= 4 is 29.3 Å². The molecule has 2 aliphatic rings. The topological polar surface area (TPSA) is 61.4 Å². The molecule has 3 rings (SSSR count). The summed E-state index contributed by atoms with van der Waals surface area (Å²) in [5, 5.41) is 5.91. The fourth-order valence-electron chi connectivity index (χ4n) is 3.18. The number of rotatable bonds is 4. The molecule has 2 heterocycles. The molecule has 0 radical (unpaired) electrons. The van der Waals surface area contributed by atoms with Crippen molar-refractivity contribution < 1.29 is 14.0 Å². The molecule has 0 saturated carbocycles. The summed E-state index contributed by atoms with van der Waals surface area (Å²) in [7, 11) is 0. The molecule has 7 heteroatoms. The second-order valence-electron chi connectivity index (χ2n) is 6.61. The lowest BCUT2D eigenvalue weighted by Crippen LogP contribution is -2.46.